The summed E-state index contributed by atoms with van der Waals surface area (Å²) in [6, 6.07) is 0. The first-order valence-electron chi connectivity index (χ1n) is 7.74. The molecule has 2 atom stereocenters. The van der Waals surface area contributed by atoms with Gasteiger partial charge in [0.1, 0.15) is 11.9 Å². The van der Waals surface area contributed by atoms with Crippen molar-refractivity contribution in [1.82, 2.24) is 9.97 Å². The molecule has 0 N–H and O–H groups in total. The molecule has 2 unspecified atom stereocenters. The third-order valence-corrected chi connectivity index (χ3v) is 4.33. The fraction of sp³-hybridized carbons (Fsp3) is 0.688. The molecule has 1 aromatic heterocycles. The highest BCUT2D eigenvalue weighted by atomic mass is 35.5. The Morgan fingerprint density at radius 2 is 2.24 bits per heavy atom. The number of rotatable bonds is 4. The lowest BCUT2D eigenvalue weighted by Crippen LogP contribution is -2.26. The number of aromatic nitrogens is 2. The molecule has 1 saturated carbocycles. The number of hydrogen-bond donors (Lipinski definition) is 0. The lowest BCUT2D eigenvalue weighted by atomic mass is 9.85. The van der Waals surface area contributed by atoms with Crippen molar-refractivity contribution in [2.24, 2.45) is 5.92 Å². The Bertz CT molecular complexity index is 505. The molecule has 1 fully saturated rings. The minimum Gasteiger partial charge on any atom is -0.458 e. The Balaban J connectivity index is 2.07. The normalized spacial score (nSPS) is 22.3. The van der Waals surface area contributed by atoms with Crippen molar-refractivity contribution in [3.05, 3.63) is 22.7 Å². The average Bonchev–Trinajstić information content (AvgIpc) is 2.47. The molecule has 0 spiro atoms. The van der Waals surface area contributed by atoms with E-state index in [-0.39, 0.29) is 22.7 Å². The van der Waals surface area contributed by atoms with Gasteiger partial charge in [0.05, 0.1) is 11.2 Å². The zero-order chi connectivity index (χ0) is 15.4. The number of carbonyl (C=O) groups excluding carboxylic acids is 1. The highest BCUT2D eigenvalue weighted by Crippen LogP contribution is 2.29. The molecule has 0 saturated heterocycles. The highest BCUT2D eigenvalue weighted by Gasteiger charge is 2.26. The second-order valence-corrected chi connectivity index (χ2v) is 6.45. The van der Waals surface area contributed by atoms with E-state index in [0.717, 1.165) is 25.7 Å². The van der Waals surface area contributed by atoms with Crippen LogP contribution in [-0.2, 0) is 4.74 Å². The molecule has 5 heteroatoms. The van der Waals surface area contributed by atoms with E-state index < -0.39 is 5.97 Å². The van der Waals surface area contributed by atoms with E-state index in [1.165, 1.54) is 12.6 Å². The Morgan fingerprint density at radius 3 is 2.90 bits per heavy atom. The van der Waals surface area contributed by atoms with E-state index in [9.17, 15) is 4.79 Å². The lowest BCUT2D eigenvalue weighted by Gasteiger charge is -2.28. The van der Waals surface area contributed by atoms with Gasteiger partial charge in [0, 0.05) is 5.92 Å². The molecule has 1 heterocycles. The maximum Gasteiger partial charge on any atom is 0.358 e. The van der Waals surface area contributed by atoms with Gasteiger partial charge < -0.3 is 4.74 Å². The largest absolute Gasteiger partial charge is 0.458 e. The van der Waals surface area contributed by atoms with Gasteiger partial charge in [-0.2, -0.15) is 0 Å². The van der Waals surface area contributed by atoms with E-state index in [0.29, 0.717) is 11.7 Å². The van der Waals surface area contributed by atoms with E-state index in [4.69, 9.17) is 16.3 Å². The Hall–Kier alpha value is -1.16. The molecular weight excluding hydrogens is 288 g/mol. The molecule has 0 amide bonds. The molecule has 1 aliphatic carbocycles. The molecule has 4 nitrogen and oxygen atoms in total. The summed E-state index contributed by atoms with van der Waals surface area (Å²) < 4.78 is 5.61. The summed E-state index contributed by atoms with van der Waals surface area (Å²) >= 11 is 6.04. The monoisotopic (exact) mass is 310 g/mol. The zero-order valence-corrected chi connectivity index (χ0v) is 13.7. The van der Waals surface area contributed by atoms with Crippen molar-refractivity contribution in [2.75, 3.05) is 0 Å². The topological polar surface area (TPSA) is 52.1 Å². The fourth-order valence-electron chi connectivity index (χ4n) is 2.73. The van der Waals surface area contributed by atoms with E-state index >= 15 is 0 Å². The molecule has 0 aliphatic heterocycles. The van der Waals surface area contributed by atoms with Crippen LogP contribution in [0, 0.1) is 5.92 Å². The lowest BCUT2D eigenvalue weighted by molar-refractivity contribution is 0.0133. The second kappa shape index (κ2) is 7.21. The van der Waals surface area contributed by atoms with Crippen LogP contribution in [0.15, 0.2) is 6.20 Å². The predicted molar refractivity (Wildman–Crippen MR) is 82.6 cm³/mol. The van der Waals surface area contributed by atoms with Gasteiger partial charge in [-0.1, -0.05) is 45.2 Å². The van der Waals surface area contributed by atoms with Crippen molar-refractivity contribution in [1.29, 1.82) is 0 Å². The number of halogens is 1. The quantitative estimate of drug-likeness (QED) is 0.774. The first-order valence-corrected chi connectivity index (χ1v) is 8.12. The smallest absolute Gasteiger partial charge is 0.358 e. The number of carbonyl (C=O) groups is 1. The average molecular weight is 311 g/mol. The van der Waals surface area contributed by atoms with E-state index in [2.05, 4.69) is 16.9 Å². The van der Waals surface area contributed by atoms with Crippen LogP contribution in [0.3, 0.4) is 0 Å². The summed E-state index contributed by atoms with van der Waals surface area (Å²) in [6.45, 7) is 6.14. The summed E-state index contributed by atoms with van der Waals surface area (Å²) in [5.41, 5.74) is 0.189. The van der Waals surface area contributed by atoms with Gasteiger partial charge in [-0.05, 0) is 25.2 Å². The molecular formula is C16H23ClN2O2. The first-order chi connectivity index (χ1) is 10.0. The van der Waals surface area contributed by atoms with Crippen LogP contribution in [0.25, 0.3) is 0 Å². The first kappa shape index (κ1) is 16.2. The van der Waals surface area contributed by atoms with Gasteiger partial charge in [0.2, 0.25) is 0 Å². The molecule has 21 heavy (non-hydrogen) atoms. The summed E-state index contributed by atoms with van der Waals surface area (Å²) in [5, 5.41) is 0.257. The molecule has 0 aromatic carbocycles. The van der Waals surface area contributed by atoms with Crippen LogP contribution in [-0.4, -0.2) is 22.0 Å². The number of nitrogens with zero attached hydrogens (tertiary/aromatic N) is 2. The van der Waals surface area contributed by atoms with Gasteiger partial charge in [0.15, 0.2) is 5.69 Å². The number of esters is 1. The minimum atomic E-state index is -0.425. The maximum absolute atomic E-state index is 12.3. The van der Waals surface area contributed by atoms with Gasteiger partial charge >= 0.3 is 5.97 Å². The van der Waals surface area contributed by atoms with Gasteiger partial charge in [-0.3, -0.25) is 0 Å². The molecule has 0 radical (unpaired) electrons. The van der Waals surface area contributed by atoms with Crippen molar-refractivity contribution in [3.8, 4) is 0 Å². The van der Waals surface area contributed by atoms with Crippen molar-refractivity contribution >= 4 is 17.6 Å². The van der Waals surface area contributed by atoms with E-state index in [1.807, 2.05) is 13.8 Å². The molecule has 0 bridgehead atoms. The molecule has 1 aromatic rings. The third kappa shape index (κ3) is 4.16. The van der Waals surface area contributed by atoms with E-state index in [1.54, 1.807) is 0 Å². The summed E-state index contributed by atoms with van der Waals surface area (Å²) in [4.78, 5) is 20.7. The van der Waals surface area contributed by atoms with Crippen LogP contribution in [0.4, 0.5) is 0 Å². The third-order valence-electron chi connectivity index (χ3n) is 4.06. The van der Waals surface area contributed by atoms with Gasteiger partial charge in [-0.25, -0.2) is 14.8 Å². The van der Waals surface area contributed by atoms with Crippen LogP contribution < -0.4 is 0 Å². The summed E-state index contributed by atoms with van der Waals surface area (Å²) in [7, 11) is 0. The summed E-state index contributed by atoms with van der Waals surface area (Å²) in [5.74, 6) is 0.990. The summed E-state index contributed by atoms with van der Waals surface area (Å²) in [6.07, 6.45) is 6.84. The van der Waals surface area contributed by atoms with Crippen LogP contribution in [0.5, 0.6) is 0 Å². The van der Waals surface area contributed by atoms with Crippen LogP contribution >= 0.6 is 11.6 Å². The molecule has 2 rings (SSSR count). The highest BCUT2D eigenvalue weighted by molar-refractivity contribution is 6.33. The minimum absolute atomic E-state index is 0.00951. The number of hydrogen-bond acceptors (Lipinski definition) is 4. The fourth-order valence-corrected chi connectivity index (χ4v) is 2.90. The SMILES string of the molecule is CCC1CCCC(OC(=O)c2nc(C(C)C)ncc2Cl)C1. The number of ether oxygens (including phenoxy) is 1. The van der Waals surface area contributed by atoms with Crippen LogP contribution in [0.2, 0.25) is 5.02 Å². The van der Waals surface area contributed by atoms with Crippen molar-refractivity contribution < 1.29 is 9.53 Å². The van der Waals surface area contributed by atoms with Gasteiger partial charge in [0.25, 0.3) is 0 Å². The second-order valence-electron chi connectivity index (χ2n) is 6.05. The standard InChI is InChI=1S/C16H23ClN2O2/c1-4-11-6-5-7-12(8-11)21-16(20)14-13(17)9-18-15(19-14)10(2)3/h9-12H,4-8H2,1-3H3. The molecule has 116 valence electrons. The predicted octanol–water partition coefficient (Wildman–Crippen LogP) is 4.38. The van der Waals surface area contributed by atoms with Crippen molar-refractivity contribution in [2.45, 2.75) is 64.9 Å². The molecule has 1 aliphatic rings. The Labute approximate surface area is 131 Å². The van der Waals surface area contributed by atoms with Crippen molar-refractivity contribution in [3.63, 3.8) is 0 Å². The maximum atomic E-state index is 12.3. The van der Waals surface area contributed by atoms with Crippen LogP contribution in [0.1, 0.15) is 75.1 Å². The Kier molecular flexibility index (Phi) is 5.57. The van der Waals surface area contributed by atoms with Gasteiger partial charge in [-0.15, -0.1) is 0 Å². The Morgan fingerprint density at radius 1 is 1.48 bits per heavy atom. The zero-order valence-electron chi connectivity index (χ0n) is 12.9.